The summed E-state index contributed by atoms with van der Waals surface area (Å²) in [5.41, 5.74) is -0.146. The van der Waals surface area contributed by atoms with E-state index in [0.29, 0.717) is 25.2 Å². The summed E-state index contributed by atoms with van der Waals surface area (Å²) in [6, 6.07) is 4.76. The molecule has 1 N–H and O–H groups in total. The Morgan fingerprint density at radius 2 is 1.86 bits per heavy atom. The highest BCUT2D eigenvalue weighted by Gasteiger charge is 2.63. The Kier molecular flexibility index (Phi) is 5.24. The van der Waals surface area contributed by atoms with Gasteiger partial charge in [0.05, 0.1) is 27.7 Å². The molecule has 156 valence electrons. The van der Waals surface area contributed by atoms with Crippen LogP contribution in [0.1, 0.15) is 29.7 Å². The van der Waals surface area contributed by atoms with Crippen LogP contribution < -0.4 is 10.2 Å². The van der Waals surface area contributed by atoms with Gasteiger partial charge < -0.3 is 10.2 Å². The van der Waals surface area contributed by atoms with Gasteiger partial charge in [-0.05, 0) is 43.0 Å². The van der Waals surface area contributed by atoms with Gasteiger partial charge in [-0.3, -0.25) is 4.79 Å². The van der Waals surface area contributed by atoms with Crippen molar-refractivity contribution in [3.05, 3.63) is 43.8 Å². The minimum absolute atomic E-state index is 0.0510. The molecule has 2 aromatic rings. The van der Waals surface area contributed by atoms with Crippen molar-refractivity contribution in [2.24, 2.45) is 5.41 Å². The second kappa shape index (κ2) is 7.32. The number of carbonyl (C=O) groups is 1. The molecule has 2 aliphatic rings. The molecule has 1 aliphatic carbocycles. The maximum absolute atomic E-state index is 13.5. The van der Waals surface area contributed by atoms with E-state index >= 15 is 0 Å². The zero-order chi connectivity index (χ0) is 21.0. The predicted molar refractivity (Wildman–Crippen MR) is 106 cm³/mol. The molecule has 0 saturated heterocycles. The summed E-state index contributed by atoms with van der Waals surface area (Å²) < 4.78 is 52.6. The highest BCUT2D eigenvalue weighted by molar-refractivity contribution is 7.10. The molecule has 2 heterocycles. The number of thiophene rings is 1. The lowest BCUT2D eigenvalue weighted by atomic mass is 10.0. The Morgan fingerprint density at radius 3 is 2.45 bits per heavy atom. The topological polar surface area (TPSA) is 32.3 Å². The Hall–Kier alpha value is -1.51. The normalized spacial score (nSPS) is 17.8. The van der Waals surface area contributed by atoms with Crippen molar-refractivity contribution in [1.29, 1.82) is 0 Å². The third kappa shape index (κ3) is 4.07. The van der Waals surface area contributed by atoms with Crippen molar-refractivity contribution in [2.45, 2.75) is 38.4 Å². The summed E-state index contributed by atoms with van der Waals surface area (Å²) in [7, 11) is 0. The van der Waals surface area contributed by atoms with Gasteiger partial charge in [-0.25, -0.2) is 0 Å². The Labute approximate surface area is 178 Å². The van der Waals surface area contributed by atoms with Gasteiger partial charge in [0.2, 0.25) is 5.91 Å². The van der Waals surface area contributed by atoms with Crippen LogP contribution in [0.15, 0.2) is 18.2 Å². The number of hydrogen-bond acceptors (Lipinski definition) is 3. The van der Waals surface area contributed by atoms with Crippen LogP contribution in [-0.4, -0.2) is 18.6 Å². The molecular weight excluding hydrogens is 451 g/mol. The van der Waals surface area contributed by atoms with Gasteiger partial charge in [0.1, 0.15) is 0 Å². The van der Waals surface area contributed by atoms with Gasteiger partial charge in [0, 0.05) is 23.5 Å². The first-order valence-electron chi connectivity index (χ1n) is 8.96. The first-order valence-corrected chi connectivity index (χ1v) is 10.5. The second-order valence-corrected chi connectivity index (χ2v) is 9.36. The number of nitrogens with zero attached hydrogens (tertiary/aromatic N) is 1. The van der Waals surface area contributed by atoms with Gasteiger partial charge in [0.15, 0.2) is 5.13 Å². The van der Waals surface area contributed by atoms with Crippen molar-refractivity contribution < 1.29 is 22.4 Å². The molecule has 1 saturated carbocycles. The number of alkyl halides is 3. The standard InChI is InChI=1S/C19H16Cl2F4N2OS/c20-12-6-11(27-4-1-10-5-15(22)29-14(10)9-27)7-13(21)17(12)26-16(28)8-18(2-3-18)19(23,24)25/h5-7H,1-4,8-9H2,(H,26,28). The first kappa shape index (κ1) is 20.8. The van der Waals surface area contributed by atoms with E-state index in [-0.39, 0.29) is 33.7 Å². The number of amides is 1. The van der Waals surface area contributed by atoms with Gasteiger partial charge in [0.25, 0.3) is 0 Å². The minimum atomic E-state index is -4.41. The van der Waals surface area contributed by atoms with Gasteiger partial charge in [-0.15, -0.1) is 11.3 Å². The number of anilines is 2. The molecule has 0 radical (unpaired) electrons. The summed E-state index contributed by atoms with van der Waals surface area (Å²) in [6.45, 7) is 1.16. The predicted octanol–water partition coefficient (Wildman–Crippen LogP) is 6.43. The van der Waals surface area contributed by atoms with E-state index in [1.54, 1.807) is 18.2 Å². The lowest BCUT2D eigenvalue weighted by Crippen LogP contribution is -2.30. The highest BCUT2D eigenvalue weighted by Crippen LogP contribution is 2.60. The van der Waals surface area contributed by atoms with Crippen LogP contribution in [0.5, 0.6) is 0 Å². The number of fused-ring (bicyclic) bond motifs is 1. The Bertz CT molecular complexity index is 949. The van der Waals surface area contributed by atoms with Gasteiger partial charge >= 0.3 is 6.18 Å². The van der Waals surface area contributed by atoms with Crippen LogP contribution in [0, 0.1) is 10.5 Å². The van der Waals surface area contributed by atoms with Crippen molar-refractivity contribution in [3.8, 4) is 0 Å². The van der Waals surface area contributed by atoms with Crippen LogP contribution in [0.4, 0.5) is 28.9 Å². The number of benzene rings is 1. The molecule has 3 nitrogen and oxygen atoms in total. The SMILES string of the molecule is O=C(CC1(C(F)(F)F)CC1)Nc1c(Cl)cc(N2CCc3cc(F)sc3C2)cc1Cl. The van der Waals surface area contributed by atoms with Crippen molar-refractivity contribution in [3.63, 3.8) is 0 Å². The van der Waals surface area contributed by atoms with E-state index in [1.807, 2.05) is 4.90 Å². The maximum atomic E-state index is 13.5. The lowest BCUT2D eigenvalue weighted by Gasteiger charge is -2.29. The molecular formula is C19H16Cl2F4N2OS. The smallest absolute Gasteiger partial charge is 0.366 e. The average molecular weight is 467 g/mol. The number of nitrogens with one attached hydrogen (secondary N) is 1. The highest BCUT2D eigenvalue weighted by atomic mass is 35.5. The molecule has 29 heavy (non-hydrogen) atoms. The van der Waals surface area contributed by atoms with E-state index in [9.17, 15) is 22.4 Å². The van der Waals surface area contributed by atoms with Gasteiger partial charge in [-0.2, -0.15) is 17.6 Å². The van der Waals surface area contributed by atoms with E-state index in [1.165, 1.54) is 0 Å². The summed E-state index contributed by atoms with van der Waals surface area (Å²) in [5.74, 6) is -0.770. The maximum Gasteiger partial charge on any atom is 0.395 e. The Morgan fingerprint density at radius 1 is 1.21 bits per heavy atom. The summed E-state index contributed by atoms with van der Waals surface area (Å²) in [5, 5.41) is 2.48. The molecule has 1 amide bonds. The van der Waals surface area contributed by atoms with Crippen LogP contribution in [-0.2, 0) is 17.8 Å². The summed E-state index contributed by atoms with van der Waals surface area (Å²) >= 11 is 13.6. The Balaban J connectivity index is 1.49. The van der Waals surface area contributed by atoms with Gasteiger partial charge in [-0.1, -0.05) is 23.2 Å². The average Bonchev–Trinajstić information content (AvgIpc) is 3.31. The molecule has 0 spiro atoms. The van der Waals surface area contributed by atoms with Crippen LogP contribution in [0.25, 0.3) is 0 Å². The van der Waals surface area contributed by atoms with Crippen LogP contribution in [0.2, 0.25) is 10.0 Å². The van der Waals surface area contributed by atoms with E-state index < -0.39 is 23.9 Å². The second-order valence-electron chi connectivity index (χ2n) is 7.46. The lowest BCUT2D eigenvalue weighted by molar-refractivity contribution is -0.189. The van der Waals surface area contributed by atoms with E-state index in [2.05, 4.69) is 5.32 Å². The largest absolute Gasteiger partial charge is 0.395 e. The minimum Gasteiger partial charge on any atom is -0.366 e. The molecule has 4 rings (SSSR count). The fourth-order valence-corrected chi connectivity index (χ4v) is 5.09. The summed E-state index contributed by atoms with van der Waals surface area (Å²) in [4.78, 5) is 15.1. The fourth-order valence-electron chi connectivity index (χ4n) is 3.57. The zero-order valence-corrected chi connectivity index (χ0v) is 17.3. The molecule has 1 fully saturated rings. The monoisotopic (exact) mass is 466 g/mol. The zero-order valence-electron chi connectivity index (χ0n) is 15.0. The number of carbonyl (C=O) groups excluding carboxylic acids is 1. The number of rotatable bonds is 4. The van der Waals surface area contributed by atoms with Crippen LogP contribution >= 0.6 is 34.5 Å². The van der Waals surface area contributed by atoms with Crippen molar-refractivity contribution >= 4 is 51.8 Å². The summed E-state index contributed by atoms with van der Waals surface area (Å²) in [6.07, 6.45) is -4.47. The number of halogens is 6. The third-order valence-electron chi connectivity index (χ3n) is 5.46. The molecule has 10 heteroatoms. The quantitative estimate of drug-likeness (QED) is 0.526. The van der Waals surface area contributed by atoms with Crippen molar-refractivity contribution in [2.75, 3.05) is 16.8 Å². The molecule has 0 bridgehead atoms. The van der Waals surface area contributed by atoms with E-state index in [4.69, 9.17) is 23.2 Å². The molecule has 1 aliphatic heterocycles. The molecule has 1 aromatic carbocycles. The first-order chi connectivity index (χ1) is 13.6. The van der Waals surface area contributed by atoms with Crippen LogP contribution in [0.3, 0.4) is 0 Å². The fraction of sp³-hybridized carbons (Fsp3) is 0.421. The third-order valence-corrected chi connectivity index (χ3v) is 7.01. The molecule has 0 atom stereocenters. The molecule has 1 aromatic heterocycles. The van der Waals surface area contributed by atoms with E-state index in [0.717, 1.165) is 21.8 Å². The van der Waals surface area contributed by atoms with Crippen molar-refractivity contribution in [1.82, 2.24) is 0 Å². The number of hydrogen-bond donors (Lipinski definition) is 1. The molecule has 0 unspecified atom stereocenters.